The van der Waals surface area contributed by atoms with E-state index in [0.29, 0.717) is 16.5 Å². The Morgan fingerprint density at radius 3 is 2.27 bits per heavy atom. The van der Waals surface area contributed by atoms with Gasteiger partial charge in [0.2, 0.25) is 0 Å². The number of carbonyl (C=O) groups excluding carboxylic acids is 2. The number of nitrogens with one attached hydrogen (secondary N) is 1. The molecule has 0 bridgehead atoms. The van der Waals surface area contributed by atoms with Crippen LogP contribution < -0.4 is 43.5 Å². The Balaban J connectivity index is 0.00000385. The smallest absolute Gasteiger partial charge is 0.545 e. The summed E-state index contributed by atoms with van der Waals surface area (Å²) >= 11 is 11.9. The number of hydrogen-bond donors (Lipinski definition) is 1. The van der Waals surface area contributed by atoms with Gasteiger partial charge in [-0.3, -0.25) is 4.79 Å². The van der Waals surface area contributed by atoms with Crippen molar-refractivity contribution in [2.24, 2.45) is 0 Å². The van der Waals surface area contributed by atoms with Crippen LogP contribution in [0, 0.1) is 0 Å². The molecule has 3 rings (SSSR count). The molecule has 33 heavy (non-hydrogen) atoms. The van der Waals surface area contributed by atoms with Crippen LogP contribution in [0.5, 0.6) is 17.2 Å². The molecule has 0 saturated heterocycles. The summed E-state index contributed by atoms with van der Waals surface area (Å²) in [5.74, 6) is -0.637. The van der Waals surface area contributed by atoms with Crippen molar-refractivity contribution in [3.63, 3.8) is 0 Å². The molecule has 0 radical (unpaired) electrons. The number of halogens is 2. The van der Waals surface area contributed by atoms with Gasteiger partial charge < -0.3 is 29.4 Å². The summed E-state index contributed by atoms with van der Waals surface area (Å²) in [6, 6.07) is 15.7. The molecule has 0 heterocycles. The zero-order valence-corrected chi connectivity index (χ0v) is 19.4. The van der Waals surface area contributed by atoms with Crippen molar-refractivity contribution in [2.75, 3.05) is 25.6 Å². The van der Waals surface area contributed by atoms with Crippen molar-refractivity contribution in [1.82, 2.24) is 0 Å². The first-order valence-corrected chi connectivity index (χ1v) is 10.1. The normalized spacial score (nSPS) is 10.0. The zero-order valence-electron chi connectivity index (χ0n) is 17.9. The molecule has 10 heteroatoms. The second-order valence-electron chi connectivity index (χ2n) is 6.42. The molecule has 0 aliphatic heterocycles. The Morgan fingerprint density at radius 1 is 0.909 bits per heavy atom. The van der Waals surface area contributed by atoms with Crippen molar-refractivity contribution < 1.29 is 47.8 Å². The molecule has 0 aromatic heterocycles. The van der Waals surface area contributed by atoms with Gasteiger partial charge in [-0.25, -0.2) is 0 Å². The maximum Gasteiger partial charge on any atom is 1.00 e. The van der Waals surface area contributed by atoms with E-state index in [4.69, 9.17) is 37.4 Å². The maximum absolute atomic E-state index is 12.5. The predicted molar refractivity (Wildman–Crippen MR) is 119 cm³/mol. The van der Waals surface area contributed by atoms with Crippen LogP contribution in [0.4, 0.5) is 5.69 Å². The Morgan fingerprint density at radius 2 is 1.61 bits per heavy atom. The molecule has 0 saturated carbocycles. The van der Waals surface area contributed by atoms with Crippen molar-refractivity contribution in [3.05, 3.63) is 81.8 Å². The Bertz CT molecular complexity index is 1140. The van der Waals surface area contributed by atoms with E-state index < -0.39 is 11.9 Å². The van der Waals surface area contributed by atoms with Gasteiger partial charge in [0.05, 0.1) is 29.4 Å². The van der Waals surface area contributed by atoms with E-state index in [1.807, 2.05) is 12.1 Å². The number of amides is 1. The number of carbonyl (C=O) groups is 2. The van der Waals surface area contributed by atoms with Crippen LogP contribution >= 0.6 is 23.2 Å². The summed E-state index contributed by atoms with van der Waals surface area (Å²) in [7, 11) is 1.54. The van der Waals surface area contributed by atoms with E-state index in [1.54, 1.807) is 19.2 Å². The third kappa shape index (κ3) is 7.08. The Hall–Kier alpha value is -2.82. The summed E-state index contributed by atoms with van der Waals surface area (Å²) < 4.78 is 16.4. The quantitative estimate of drug-likeness (QED) is 0.362. The molecule has 0 aliphatic carbocycles. The number of carboxylic acids is 1. The fraction of sp³-hybridized carbons (Fsp3) is 0.130. The van der Waals surface area contributed by atoms with Crippen LogP contribution in [0.1, 0.15) is 20.7 Å². The van der Waals surface area contributed by atoms with Gasteiger partial charge in [-0.05, 0) is 48.5 Å². The van der Waals surface area contributed by atoms with Crippen LogP contribution in [0.2, 0.25) is 10.0 Å². The summed E-state index contributed by atoms with van der Waals surface area (Å²) in [5.41, 5.74) is -0.0561. The number of anilines is 1. The van der Waals surface area contributed by atoms with E-state index in [0.717, 1.165) is 0 Å². The average Bonchev–Trinajstić information content (AvgIpc) is 2.77. The summed E-state index contributed by atoms with van der Waals surface area (Å²) in [4.78, 5) is 24.1. The molecule has 0 fully saturated rings. The first-order chi connectivity index (χ1) is 15.4. The monoisotopic (exact) mass is 481 g/mol. The SMILES string of the molecule is COc1ccccc1OCCOc1ccc(NC(=O)c2ccc(Cl)cc2Cl)c(C(=O)[O-])c1.[Li+]. The van der Waals surface area contributed by atoms with Crippen LogP contribution in [0.15, 0.2) is 60.7 Å². The van der Waals surface area contributed by atoms with Gasteiger partial charge in [0, 0.05) is 10.6 Å². The molecule has 0 aliphatic rings. The molecular formula is C23H18Cl2LiNO6. The third-order valence-electron chi connectivity index (χ3n) is 4.31. The van der Waals surface area contributed by atoms with Crippen LogP contribution in [0.3, 0.4) is 0 Å². The number of methoxy groups -OCH3 is 1. The van der Waals surface area contributed by atoms with Crippen molar-refractivity contribution in [1.29, 1.82) is 0 Å². The van der Waals surface area contributed by atoms with Crippen LogP contribution in [-0.2, 0) is 0 Å². The number of aromatic carboxylic acids is 1. The van der Waals surface area contributed by atoms with Gasteiger partial charge in [0.1, 0.15) is 19.0 Å². The standard InChI is InChI=1S/C23H19Cl2NO6.Li/c1-30-20-4-2-3-5-21(20)32-11-10-31-15-7-9-19(17(13-15)23(28)29)26-22(27)16-8-6-14(24)12-18(16)25;/h2-9,12-13H,10-11H2,1H3,(H,26,27)(H,28,29);/q;+1/p-1. The molecular weight excluding hydrogens is 464 g/mol. The van der Waals surface area contributed by atoms with Crippen molar-refractivity contribution in [2.45, 2.75) is 0 Å². The molecule has 1 amide bonds. The topological polar surface area (TPSA) is 96.9 Å². The fourth-order valence-electron chi connectivity index (χ4n) is 2.80. The van der Waals surface area contributed by atoms with Crippen LogP contribution in [-0.4, -0.2) is 32.2 Å². The third-order valence-corrected chi connectivity index (χ3v) is 4.86. The van der Waals surface area contributed by atoms with Gasteiger partial charge >= 0.3 is 18.9 Å². The number of hydrogen-bond acceptors (Lipinski definition) is 6. The molecule has 7 nitrogen and oxygen atoms in total. The second kappa shape index (κ2) is 12.4. The first-order valence-electron chi connectivity index (χ1n) is 9.39. The van der Waals surface area contributed by atoms with E-state index >= 15 is 0 Å². The molecule has 3 aromatic carbocycles. The minimum Gasteiger partial charge on any atom is -0.545 e. The number of carboxylic acid groups (broad SMARTS) is 1. The van der Waals surface area contributed by atoms with E-state index in [-0.39, 0.29) is 59.7 Å². The molecule has 1 N–H and O–H groups in total. The molecule has 0 spiro atoms. The molecule has 166 valence electrons. The van der Waals surface area contributed by atoms with Crippen molar-refractivity contribution >= 4 is 40.8 Å². The summed E-state index contributed by atoms with van der Waals surface area (Å²) in [5, 5.41) is 14.6. The summed E-state index contributed by atoms with van der Waals surface area (Å²) in [6.45, 7) is 0.352. The van der Waals surface area contributed by atoms with Crippen LogP contribution in [0.25, 0.3) is 0 Å². The number of benzene rings is 3. The maximum atomic E-state index is 12.5. The van der Waals surface area contributed by atoms with Crippen molar-refractivity contribution in [3.8, 4) is 17.2 Å². The van der Waals surface area contributed by atoms with E-state index in [2.05, 4.69) is 5.32 Å². The van der Waals surface area contributed by atoms with E-state index in [9.17, 15) is 14.7 Å². The zero-order chi connectivity index (χ0) is 23.1. The second-order valence-corrected chi connectivity index (χ2v) is 7.26. The minimum atomic E-state index is -1.47. The number of ether oxygens (including phenoxy) is 3. The fourth-order valence-corrected chi connectivity index (χ4v) is 3.30. The molecule has 0 unspecified atom stereocenters. The van der Waals surface area contributed by atoms with Gasteiger partial charge in [0.15, 0.2) is 11.5 Å². The van der Waals surface area contributed by atoms with Gasteiger partial charge in [-0.1, -0.05) is 35.3 Å². The van der Waals surface area contributed by atoms with Gasteiger partial charge in [0.25, 0.3) is 5.91 Å². The van der Waals surface area contributed by atoms with Gasteiger partial charge in [-0.15, -0.1) is 0 Å². The average molecular weight is 482 g/mol. The molecule has 3 aromatic rings. The largest absolute Gasteiger partial charge is 1.00 e. The Kier molecular flexibility index (Phi) is 9.95. The number of rotatable bonds is 9. The first kappa shape index (κ1) is 26.4. The summed E-state index contributed by atoms with van der Waals surface area (Å²) in [6.07, 6.45) is 0. The van der Waals surface area contributed by atoms with E-state index in [1.165, 1.54) is 36.4 Å². The predicted octanol–water partition coefficient (Wildman–Crippen LogP) is 1.08. The Labute approximate surface area is 212 Å². The van der Waals surface area contributed by atoms with Gasteiger partial charge in [-0.2, -0.15) is 0 Å². The minimum absolute atomic E-state index is 0. The number of para-hydroxylation sites is 2. The molecule has 0 atom stereocenters.